The van der Waals surface area contributed by atoms with Crippen LogP contribution in [0.1, 0.15) is 51.8 Å². The summed E-state index contributed by atoms with van der Waals surface area (Å²) in [7, 11) is 0. The van der Waals surface area contributed by atoms with Gasteiger partial charge in [0.05, 0.1) is 17.8 Å². The van der Waals surface area contributed by atoms with E-state index in [9.17, 15) is 9.90 Å². The molecule has 2 atom stereocenters. The van der Waals surface area contributed by atoms with Gasteiger partial charge in [-0.15, -0.1) is 0 Å². The van der Waals surface area contributed by atoms with Crippen molar-refractivity contribution in [1.29, 1.82) is 0 Å². The molecule has 0 radical (unpaired) electrons. The Balaban J connectivity index is 2.00. The van der Waals surface area contributed by atoms with Crippen molar-refractivity contribution in [3.8, 4) is 0 Å². The Morgan fingerprint density at radius 1 is 1.42 bits per heavy atom. The van der Waals surface area contributed by atoms with E-state index in [1.807, 2.05) is 46.8 Å². The molecule has 1 aliphatic carbocycles. The smallest absolute Gasteiger partial charge is 0.240 e. The highest BCUT2D eigenvalue weighted by Crippen LogP contribution is 2.40. The lowest BCUT2D eigenvalue weighted by molar-refractivity contribution is -0.194. The van der Waals surface area contributed by atoms with Crippen molar-refractivity contribution in [2.75, 3.05) is 0 Å². The number of aryl methyl sites for hydroxylation is 1. The quantitative estimate of drug-likeness (QED) is 0.663. The maximum absolute atomic E-state index is 12.8. The molecule has 2 unspecified atom stereocenters. The van der Waals surface area contributed by atoms with Gasteiger partial charge in [-0.1, -0.05) is 6.07 Å². The summed E-state index contributed by atoms with van der Waals surface area (Å²) in [5, 5.41) is 16.1. The fourth-order valence-electron chi connectivity index (χ4n) is 2.70. The highest BCUT2D eigenvalue weighted by atomic mass is 16.6. The molecule has 1 aromatic heterocycles. The van der Waals surface area contributed by atoms with Gasteiger partial charge in [0, 0.05) is 6.20 Å². The number of aliphatic hydroxyl groups is 1. The van der Waals surface area contributed by atoms with Crippen LogP contribution >= 0.6 is 0 Å². The van der Waals surface area contributed by atoms with Crippen LogP contribution in [0.2, 0.25) is 0 Å². The van der Waals surface area contributed by atoms with E-state index in [2.05, 4.69) is 15.6 Å². The molecule has 0 aromatic carbocycles. The fraction of sp³-hybridized carbons (Fsp3) is 0.667. The van der Waals surface area contributed by atoms with Crippen LogP contribution in [0.3, 0.4) is 0 Å². The van der Waals surface area contributed by atoms with Crippen LogP contribution < -0.4 is 10.6 Å². The van der Waals surface area contributed by atoms with Gasteiger partial charge in [0.2, 0.25) is 12.3 Å². The zero-order chi connectivity index (χ0) is 18.0. The Bertz CT molecular complexity index is 581. The molecule has 1 aliphatic rings. The van der Waals surface area contributed by atoms with Gasteiger partial charge in [-0.3, -0.25) is 15.1 Å². The lowest BCUT2D eigenvalue weighted by atomic mass is 9.94. The molecule has 6 heteroatoms. The van der Waals surface area contributed by atoms with Crippen LogP contribution in [-0.4, -0.2) is 33.6 Å². The lowest BCUT2D eigenvalue weighted by Gasteiger charge is -2.34. The van der Waals surface area contributed by atoms with Crippen LogP contribution in [0.5, 0.6) is 0 Å². The third-order valence-electron chi connectivity index (χ3n) is 4.29. The third-order valence-corrected chi connectivity index (χ3v) is 4.29. The van der Waals surface area contributed by atoms with Crippen molar-refractivity contribution < 1.29 is 14.6 Å². The van der Waals surface area contributed by atoms with E-state index in [1.165, 1.54) is 0 Å². The molecule has 1 saturated carbocycles. The first-order valence-electron chi connectivity index (χ1n) is 8.44. The minimum absolute atomic E-state index is 0.147. The summed E-state index contributed by atoms with van der Waals surface area (Å²) in [6, 6.07) is 3.84. The molecule has 1 fully saturated rings. The number of nitrogens with one attached hydrogen (secondary N) is 2. The minimum Gasteiger partial charge on any atom is -0.356 e. The topological polar surface area (TPSA) is 83.5 Å². The summed E-state index contributed by atoms with van der Waals surface area (Å²) in [5.41, 5.74) is 0.511. The average molecular weight is 335 g/mol. The van der Waals surface area contributed by atoms with Gasteiger partial charge in [-0.2, -0.15) is 0 Å². The predicted octanol–water partition coefficient (Wildman–Crippen LogP) is 1.86. The van der Waals surface area contributed by atoms with Crippen molar-refractivity contribution >= 4 is 5.91 Å². The van der Waals surface area contributed by atoms with E-state index < -0.39 is 17.6 Å². The zero-order valence-corrected chi connectivity index (χ0v) is 15.2. The van der Waals surface area contributed by atoms with Crippen molar-refractivity contribution in [3.63, 3.8) is 0 Å². The van der Waals surface area contributed by atoms with E-state index in [-0.39, 0.29) is 11.8 Å². The first kappa shape index (κ1) is 18.8. The SMILES string of the molecule is Cc1cccnc1CNC(=O)C(C)(NC(O)OC(C)(C)C)C1CC1. The second kappa shape index (κ2) is 7.17. The summed E-state index contributed by atoms with van der Waals surface area (Å²) in [6.07, 6.45) is 2.44. The number of pyridine rings is 1. The number of amides is 1. The van der Waals surface area contributed by atoms with E-state index >= 15 is 0 Å². The van der Waals surface area contributed by atoms with Crippen LogP contribution in [0.15, 0.2) is 18.3 Å². The van der Waals surface area contributed by atoms with Crippen LogP contribution in [0.4, 0.5) is 0 Å². The van der Waals surface area contributed by atoms with Gasteiger partial charge in [-0.25, -0.2) is 0 Å². The highest BCUT2D eigenvalue weighted by Gasteiger charge is 2.48. The Kier molecular flexibility index (Phi) is 5.63. The molecule has 1 amide bonds. The summed E-state index contributed by atoms with van der Waals surface area (Å²) in [6.45, 7) is 9.73. The van der Waals surface area contributed by atoms with Crippen molar-refractivity contribution in [3.05, 3.63) is 29.6 Å². The number of hydrogen-bond acceptors (Lipinski definition) is 5. The van der Waals surface area contributed by atoms with Gasteiger partial charge in [0.1, 0.15) is 5.54 Å². The Labute approximate surface area is 144 Å². The monoisotopic (exact) mass is 335 g/mol. The fourth-order valence-corrected chi connectivity index (χ4v) is 2.70. The van der Waals surface area contributed by atoms with Crippen molar-refractivity contribution in [2.45, 2.75) is 71.6 Å². The maximum atomic E-state index is 12.8. The van der Waals surface area contributed by atoms with Gasteiger partial charge in [-0.05, 0) is 65.0 Å². The van der Waals surface area contributed by atoms with Crippen molar-refractivity contribution in [2.24, 2.45) is 5.92 Å². The molecule has 134 valence electrons. The number of carbonyl (C=O) groups is 1. The third kappa shape index (κ3) is 5.00. The average Bonchev–Trinajstić information content (AvgIpc) is 3.28. The number of ether oxygens (including phenoxy) is 1. The van der Waals surface area contributed by atoms with E-state index in [0.717, 1.165) is 24.1 Å². The molecule has 1 aromatic rings. The number of carbonyl (C=O) groups excluding carboxylic acids is 1. The second-order valence-electron chi connectivity index (χ2n) is 7.65. The standard InChI is InChI=1S/C18H29N3O3/c1-12-7-6-10-19-14(12)11-20-15(22)18(5,13-8-9-13)21-16(23)24-17(2,3)4/h6-7,10,13,16,21,23H,8-9,11H2,1-5H3,(H,20,22). The molecule has 24 heavy (non-hydrogen) atoms. The maximum Gasteiger partial charge on any atom is 0.240 e. The number of rotatable bonds is 7. The normalized spacial score (nSPS) is 18.8. The second-order valence-corrected chi connectivity index (χ2v) is 7.65. The van der Waals surface area contributed by atoms with Gasteiger partial charge < -0.3 is 15.2 Å². The van der Waals surface area contributed by atoms with Gasteiger partial charge >= 0.3 is 0 Å². The van der Waals surface area contributed by atoms with Crippen LogP contribution in [0.25, 0.3) is 0 Å². The number of hydrogen-bond donors (Lipinski definition) is 3. The van der Waals surface area contributed by atoms with E-state index in [4.69, 9.17) is 4.74 Å². The molecule has 2 rings (SSSR count). The Morgan fingerprint density at radius 2 is 2.08 bits per heavy atom. The van der Waals surface area contributed by atoms with E-state index in [1.54, 1.807) is 6.20 Å². The molecule has 0 saturated heterocycles. The van der Waals surface area contributed by atoms with Crippen molar-refractivity contribution in [1.82, 2.24) is 15.6 Å². The van der Waals surface area contributed by atoms with Gasteiger partial charge in [0.25, 0.3) is 0 Å². The highest BCUT2D eigenvalue weighted by molar-refractivity contribution is 5.86. The Hall–Kier alpha value is -1.50. The van der Waals surface area contributed by atoms with Crippen LogP contribution in [-0.2, 0) is 16.1 Å². The summed E-state index contributed by atoms with van der Waals surface area (Å²) < 4.78 is 5.50. The molecular formula is C18H29N3O3. The first-order chi connectivity index (χ1) is 11.1. The molecule has 0 aliphatic heterocycles. The molecule has 6 nitrogen and oxygen atoms in total. The number of nitrogens with zero attached hydrogens (tertiary/aromatic N) is 1. The molecule has 0 bridgehead atoms. The molecule has 0 spiro atoms. The van der Waals surface area contributed by atoms with Crippen LogP contribution in [0, 0.1) is 12.8 Å². The zero-order valence-electron chi connectivity index (χ0n) is 15.2. The Morgan fingerprint density at radius 3 is 2.62 bits per heavy atom. The predicted molar refractivity (Wildman–Crippen MR) is 91.9 cm³/mol. The summed E-state index contributed by atoms with van der Waals surface area (Å²) in [4.78, 5) is 17.1. The summed E-state index contributed by atoms with van der Waals surface area (Å²) >= 11 is 0. The van der Waals surface area contributed by atoms with E-state index in [0.29, 0.717) is 6.54 Å². The number of aromatic nitrogens is 1. The minimum atomic E-state index is -1.20. The number of aliphatic hydroxyl groups excluding tert-OH is 1. The van der Waals surface area contributed by atoms with Gasteiger partial charge in [0.15, 0.2) is 0 Å². The lowest BCUT2D eigenvalue weighted by Crippen LogP contribution is -2.60. The molecule has 3 N–H and O–H groups in total. The molecule has 1 heterocycles. The summed E-state index contributed by atoms with van der Waals surface area (Å²) in [5.74, 6) is 0.0483. The largest absolute Gasteiger partial charge is 0.356 e. The molecular weight excluding hydrogens is 306 g/mol. The first-order valence-corrected chi connectivity index (χ1v) is 8.44.